The number of hydrogen-bond donors (Lipinski definition) is 2. The first-order valence-corrected chi connectivity index (χ1v) is 13.2. The standard InChI is InChI=1S/C25H28N6O2S2/c1-5-31-22(21(15(2)3)28-23(33)17-10-8-9-16(4)13-17)29-30-25(31)34-14-20(32)27-24-26-18-11-6-7-12-19(18)35-24/h6-13,15,21H,5,14H2,1-4H3,(H,28,33)(H,26,27,32). The molecule has 0 aliphatic carbocycles. The van der Waals surface area contributed by atoms with Crippen LogP contribution in [-0.2, 0) is 11.3 Å². The van der Waals surface area contributed by atoms with Crippen LogP contribution >= 0.6 is 23.1 Å². The second-order valence-electron chi connectivity index (χ2n) is 8.47. The first kappa shape index (κ1) is 24.9. The predicted octanol–water partition coefficient (Wildman–Crippen LogP) is 5.07. The molecule has 1 unspecified atom stereocenters. The highest BCUT2D eigenvalue weighted by atomic mass is 32.2. The molecule has 0 fully saturated rings. The van der Waals surface area contributed by atoms with Crippen molar-refractivity contribution in [3.63, 3.8) is 0 Å². The largest absolute Gasteiger partial charge is 0.342 e. The van der Waals surface area contributed by atoms with Crippen LogP contribution in [-0.4, -0.2) is 37.3 Å². The lowest BCUT2D eigenvalue weighted by Crippen LogP contribution is -2.33. The summed E-state index contributed by atoms with van der Waals surface area (Å²) in [6.07, 6.45) is 0. The third-order valence-electron chi connectivity index (χ3n) is 5.45. The van der Waals surface area contributed by atoms with Gasteiger partial charge in [-0.3, -0.25) is 9.59 Å². The van der Waals surface area contributed by atoms with Gasteiger partial charge >= 0.3 is 0 Å². The number of hydrogen-bond acceptors (Lipinski definition) is 7. The number of nitrogens with one attached hydrogen (secondary N) is 2. The molecule has 0 aliphatic heterocycles. The Hall–Kier alpha value is -3.24. The summed E-state index contributed by atoms with van der Waals surface area (Å²) < 4.78 is 2.98. The normalized spacial score (nSPS) is 12.1. The minimum absolute atomic E-state index is 0.0958. The van der Waals surface area contributed by atoms with Crippen molar-refractivity contribution < 1.29 is 9.59 Å². The number of carbonyl (C=O) groups excluding carboxylic acids is 2. The van der Waals surface area contributed by atoms with E-state index in [1.165, 1.54) is 23.1 Å². The minimum Gasteiger partial charge on any atom is -0.342 e. The number of para-hydroxylation sites is 1. The van der Waals surface area contributed by atoms with E-state index in [2.05, 4.69) is 25.8 Å². The minimum atomic E-state index is -0.318. The maximum atomic E-state index is 12.9. The molecule has 0 radical (unpaired) electrons. The number of anilines is 1. The van der Waals surface area contributed by atoms with E-state index >= 15 is 0 Å². The molecule has 2 aromatic carbocycles. The quantitative estimate of drug-likeness (QED) is 0.306. The van der Waals surface area contributed by atoms with Gasteiger partial charge in [-0.05, 0) is 44.0 Å². The molecule has 2 amide bonds. The first-order chi connectivity index (χ1) is 16.9. The lowest BCUT2D eigenvalue weighted by atomic mass is 10.0. The van der Waals surface area contributed by atoms with E-state index in [0.29, 0.717) is 28.2 Å². The van der Waals surface area contributed by atoms with E-state index < -0.39 is 0 Å². The lowest BCUT2D eigenvalue weighted by Gasteiger charge is -2.22. The first-order valence-electron chi connectivity index (χ1n) is 11.4. The Kier molecular flexibility index (Phi) is 7.82. The number of aryl methyl sites for hydroxylation is 1. The van der Waals surface area contributed by atoms with Crippen LogP contribution in [0.2, 0.25) is 0 Å². The number of rotatable bonds is 9. The summed E-state index contributed by atoms with van der Waals surface area (Å²) >= 11 is 2.76. The zero-order valence-corrected chi connectivity index (χ0v) is 21.7. The van der Waals surface area contributed by atoms with E-state index in [1.54, 1.807) is 6.07 Å². The van der Waals surface area contributed by atoms with Crippen molar-refractivity contribution in [2.75, 3.05) is 11.1 Å². The average Bonchev–Trinajstić information content (AvgIpc) is 3.43. The average molecular weight is 509 g/mol. The van der Waals surface area contributed by atoms with Crippen LogP contribution in [0, 0.1) is 12.8 Å². The molecule has 0 bridgehead atoms. The molecule has 2 aromatic heterocycles. The third kappa shape index (κ3) is 5.88. The topological polar surface area (TPSA) is 102 Å². The Labute approximate surface area is 212 Å². The van der Waals surface area contributed by atoms with E-state index in [0.717, 1.165) is 15.8 Å². The molecule has 8 nitrogen and oxygen atoms in total. The fourth-order valence-electron chi connectivity index (χ4n) is 3.69. The van der Waals surface area contributed by atoms with Crippen molar-refractivity contribution in [1.82, 2.24) is 25.1 Å². The molecule has 35 heavy (non-hydrogen) atoms. The van der Waals surface area contributed by atoms with Gasteiger partial charge in [0.25, 0.3) is 5.91 Å². The molecule has 4 rings (SSSR count). The molecule has 0 saturated carbocycles. The lowest BCUT2D eigenvalue weighted by molar-refractivity contribution is -0.113. The molecule has 2 heterocycles. The van der Waals surface area contributed by atoms with Crippen LogP contribution in [0.5, 0.6) is 0 Å². The zero-order chi connectivity index (χ0) is 24.9. The van der Waals surface area contributed by atoms with E-state index in [4.69, 9.17) is 0 Å². The van der Waals surface area contributed by atoms with Crippen LogP contribution in [0.25, 0.3) is 10.2 Å². The van der Waals surface area contributed by atoms with Gasteiger partial charge in [-0.2, -0.15) is 0 Å². The molecule has 0 spiro atoms. The van der Waals surface area contributed by atoms with Crippen molar-refractivity contribution in [2.45, 2.75) is 45.4 Å². The number of amides is 2. The Morgan fingerprint density at radius 1 is 1.11 bits per heavy atom. The van der Waals surface area contributed by atoms with Crippen LogP contribution in [0.4, 0.5) is 5.13 Å². The number of nitrogens with zero attached hydrogens (tertiary/aromatic N) is 4. The van der Waals surface area contributed by atoms with Crippen LogP contribution in [0.3, 0.4) is 0 Å². The third-order valence-corrected chi connectivity index (χ3v) is 7.36. The van der Waals surface area contributed by atoms with Crippen molar-refractivity contribution in [3.8, 4) is 0 Å². The van der Waals surface area contributed by atoms with Gasteiger partial charge in [0.1, 0.15) is 0 Å². The molecular weight excluding hydrogens is 480 g/mol. The Bertz CT molecular complexity index is 1310. The van der Waals surface area contributed by atoms with Gasteiger partial charge in [-0.1, -0.05) is 66.8 Å². The summed E-state index contributed by atoms with van der Waals surface area (Å²) in [5.41, 5.74) is 2.50. The second kappa shape index (κ2) is 11.0. The number of thioether (sulfide) groups is 1. The van der Waals surface area contributed by atoms with Gasteiger partial charge < -0.3 is 15.2 Å². The van der Waals surface area contributed by atoms with E-state index in [9.17, 15) is 9.59 Å². The molecule has 10 heteroatoms. The summed E-state index contributed by atoms with van der Waals surface area (Å²) in [7, 11) is 0. The maximum absolute atomic E-state index is 12.9. The van der Waals surface area contributed by atoms with E-state index in [-0.39, 0.29) is 29.5 Å². The molecule has 0 aliphatic rings. The van der Waals surface area contributed by atoms with Crippen LogP contribution in [0.1, 0.15) is 48.6 Å². The van der Waals surface area contributed by atoms with Gasteiger partial charge in [0, 0.05) is 12.1 Å². The molecule has 4 aromatic rings. The van der Waals surface area contributed by atoms with Crippen molar-refractivity contribution in [1.29, 1.82) is 0 Å². The van der Waals surface area contributed by atoms with Crippen LogP contribution in [0.15, 0.2) is 53.7 Å². The molecular formula is C25H28N6O2S2. The van der Waals surface area contributed by atoms with Crippen LogP contribution < -0.4 is 10.6 Å². The SMILES string of the molecule is CCn1c(SCC(=O)Nc2nc3ccccc3s2)nnc1C(NC(=O)c1cccc(C)c1)C(C)C. The summed E-state index contributed by atoms with van der Waals surface area (Å²) in [5.74, 6) is 0.642. The van der Waals surface area contributed by atoms with Gasteiger partial charge in [0.15, 0.2) is 16.1 Å². The molecule has 0 saturated heterocycles. The Balaban J connectivity index is 1.44. The Morgan fingerprint density at radius 2 is 1.91 bits per heavy atom. The predicted molar refractivity (Wildman–Crippen MR) is 141 cm³/mol. The van der Waals surface area contributed by atoms with Crippen molar-refractivity contribution >= 4 is 50.3 Å². The van der Waals surface area contributed by atoms with Gasteiger partial charge in [-0.25, -0.2) is 4.98 Å². The van der Waals surface area contributed by atoms with Gasteiger partial charge in [0.05, 0.1) is 22.0 Å². The smallest absolute Gasteiger partial charge is 0.251 e. The van der Waals surface area contributed by atoms with Crippen molar-refractivity contribution in [3.05, 3.63) is 65.5 Å². The molecule has 2 N–H and O–H groups in total. The number of carbonyl (C=O) groups is 2. The highest BCUT2D eigenvalue weighted by molar-refractivity contribution is 7.99. The second-order valence-corrected chi connectivity index (χ2v) is 10.4. The molecule has 1 atom stereocenters. The van der Waals surface area contributed by atoms with Crippen molar-refractivity contribution in [2.24, 2.45) is 5.92 Å². The number of benzene rings is 2. The number of aromatic nitrogens is 4. The van der Waals surface area contributed by atoms with Gasteiger partial charge in [0.2, 0.25) is 5.91 Å². The summed E-state index contributed by atoms with van der Waals surface area (Å²) in [6, 6.07) is 14.9. The van der Waals surface area contributed by atoms with E-state index in [1.807, 2.05) is 74.7 Å². The summed E-state index contributed by atoms with van der Waals surface area (Å²) in [4.78, 5) is 29.9. The monoisotopic (exact) mass is 508 g/mol. The zero-order valence-electron chi connectivity index (χ0n) is 20.1. The van der Waals surface area contributed by atoms with Gasteiger partial charge in [-0.15, -0.1) is 10.2 Å². The maximum Gasteiger partial charge on any atom is 0.251 e. The highest BCUT2D eigenvalue weighted by Crippen LogP contribution is 2.27. The molecule has 182 valence electrons. The number of fused-ring (bicyclic) bond motifs is 1. The summed E-state index contributed by atoms with van der Waals surface area (Å²) in [6.45, 7) is 8.65. The fourth-order valence-corrected chi connectivity index (χ4v) is 5.38. The summed E-state index contributed by atoms with van der Waals surface area (Å²) in [5, 5.41) is 15.9. The number of thiazole rings is 1. The Morgan fingerprint density at radius 3 is 2.63 bits per heavy atom. The highest BCUT2D eigenvalue weighted by Gasteiger charge is 2.26. The fraction of sp³-hybridized carbons (Fsp3) is 0.320.